The number of ether oxygens (including phenoxy) is 2. The van der Waals surface area contributed by atoms with E-state index < -0.39 is 18.1 Å². The molecule has 0 atom stereocenters. The van der Waals surface area contributed by atoms with Gasteiger partial charge < -0.3 is 14.8 Å². The molecule has 1 heterocycles. The molecule has 7 nitrogen and oxygen atoms in total. The Hall–Kier alpha value is -3.56. The zero-order valence-corrected chi connectivity index (χ0v) is 17.8. The second-order valence-corrected chi connectivity index (χ2v) is 7.93. The number of hydrogen-bond donors (Lipinski definition) is 1. The zero-order chi connectivity index (χ0) is 23.4. The van der Waals surface area contributed by atoms with Gasteiger partial charge in [-0.3, -0.25) is 0 Å². The van der Waals surface area contributed by atoms with Crippen LogP contribution in [0, 0.1) is 0 Å². The highest BCUT2D eigenvalue weighted by Crippen LogP contribution is 2.24. The van der Waals surface area contributed by atoms with E-state index in [1.165, 1.54) is 35.3 Å². The number of carbonyl (C=O) groups excluding carboxylic acids is 1. The van der Waals surface area contributed by atoms with Crippen LogP contribution in [0.3, 0.4) is 0 Å². The molecule has 0 saturated heterocycles. The van der Waals surface area contributed by atoms with Gasteiger partial charge >= 0.3 is 12.5 Å². The van der Waals surface area contributed by atoms with E-state index in [-0.39, 0.29) is 5.75 Å². The third-order valence-corrected chi connectivity index (χ3v) is 4.12. The fourth-order valence-corrected chi connectivity index (χ4v) is 2.76. The van der Waals surface area contributed by atoms with Crippen molar-refractivity contribution in [2.75, 3.05) is 6.54 Å². The molecule has 0 fully saturated rings. The van der Waals surface area contributed by atoms with Crippen LogP contribution >= 0.6 is 0 Å². The highest BCUT2D eigenvalue weighted by atomic mass is 19.4. The van der Waals surface area contributed by atoms with E-state index in [0.29, 0.717) is 24.5 Å². The van der Waals surface area contributed by atoms with Crippen LogP contribution in [0.25, 0.3) is 17.1 Å². The van der Waals surface area contributed by atoms with Crippen molar-refractivity contribution in [2.45, 2.75) is 39.2 Å². The molecular formula is C22H23F3N4O3. The van der Waals surface area contributed by atoms with Crippen LogP contribution in [-0.2, 0) is 11.2 Å². The summed E-state index contributed by atoms with van der Waals surface area (Å²) in [6.45, 7) is 5.85. The van der Waals surface area contributed by atoms with Crippen molar-refractivity contribution < 1.29 is 27.4 Å². The summed E-state index contributed by atoms with van der Waals surface area (Å²) in [5.41, 5.74) is 1.80. The van der Waals surface area contributed by atoms with Gasteiger partial charge in [0.15, 0.2) is 5.82 Å². The van der Waals surface area contributed by atoms with E-state index in [2.05, 4.69) is 20.1 Å². The van der Waals surface area contributed by atoms with E-state index in [1.54, 1.807) is 20.8 Å². The van der Waals surface area contributed by atoms with Crippen LogP contribution in [0.4, 0.5) is 18.0 Å². The monoisotopic (exact) mass is 448 g/mol. The van der Waals surface area contributed by atoms with Gasteiger partial charge in [-0.1, -0.05) is 24.3 Å². The van der Waals surface area contributed by atoms with Crippen molar-refractivity contribution in [1.29, 1.82) is 0 Å². The van der Waals surface area contributed by atoms with E-state index in [1.807, 2.05) is 24.3 Å². The molecule has 3 aromatic rings. The summed E-state index contributed by atoms with van der Waals surface area (Å²) in [6.07, 6.45) is -3.08. The third-order valence-electron chi connectivity index (χ3n) is 4.12. The first-order valence-corrected chi connectivity index (χ1v) is 9.82. The number of hydrogen-bond acceptors (Lipinski definition) is 5. The fourth-order valence-electron chi connectivity index (χ4n) is 2.76. The first-order valence-electron chi connectivity index (χ1n) is 9.82. The minimum atomic E-state index is -4.74. The van der Waals surface area contributed by atoms with E-state index in [0.717, 1.165) is 11.1 Å². The van der Waals surface area contributed by atoms with Crippen molar-refractivity contribution in [3.63, 3.8) is 0 Å². The molecule has 0 aliphatic rings. The number of halogens is 3. The quantitative estimate of drug-likeness (QED) is 0.580. The Morgan fingerprint density at radius 3 is 2.28 bits per heavy atom. The lowest BCUT2D eigenvalue weighted by Gasteiger charge is -2.19. The average molecular weight is 448 g/mol. The van der Waals surface area contributed by atoms with Gasteiger partial charge in [0.2, 0.25) is 0 Å². The minimum absolute atomic E-state index is 0.307. The lowest BCUT2D eigenvalue weighted by molar-refractivity contribution is -0.274. The second-order valence-electron chi connectivity index (χ2n) is 7.93. The smallest absolute Gasteiger partial charge is 0.444 e. The molecule has 1 aromatic heterocycles. The van der Waals surface area contributed by atoms with Crippen LogP contribution in [0.2, 0.25) is 0 Å². The Morgan fingerprint density at radius 1 is 1.03 bits per heavy atom. The Kier molecular flexibility index (Phi) is 6.71. The van der Waals surface area contributed by atoms with Crippen LogP contribution in [0.1, 0.15) is 26.3 Å². The predicted octanol–water partition coefficient (Wildman–Crippen LogP) is 4.90. The molecule has 0 bridgehead atoms. The summed E-state index contributed by atoms with van der Waals surface area (Å²) in [4.78, 5) is 15.9. The molecule has 1 N–H and O–H groups in total. The van der Waals surface area contributed by atoms with Gasteiger partial charge in [-0.25, -0.2) is 14.5 Å². The number of benzene rings is 2. The molecule has 170 valence electrons. The first kappa shape index (κ1) is 23.1. The van der Waals surface area contributed by atoms with Crippen molar-refractivity contribution in [3.8, 4) is 22.8 Å². The zero-order valence-electron chi connectivity index (χ0n) is 17.8. The summed E-state index contributed by atoms with van der Waals surface area (Å²) in [6, 6.07) is 12.9. The summed E-state index contributed by atoms with van der Waals surface area (Å²) in [7, 11) is 0. The van der Waals surface area contributed by atoms with Gasteiger partial charge in [0.25, 0.3) is 0 Å². The molecule has 10 heteroatoms. The summed E-state index contributed by atoms with van der Waals surface area (Å²) < 4.78 is 47.3. The average Bonchev–Trinajstić information content (AvgIpc) is 3.17. The lowest BCUT2D eigenvalue weighted by Crippen LogP contribution is -2.33. The predicted molar refractivity (Wildman–Crippen MR) is 111 cm³/mol. The highest BCUT2D eigenvalue weighted by Gasteiger charge is 2.31. The van der Waals surface area contributed by atoms with Crippen molar-refractivity contribution in [2.24, 2.45) is 0 Å². The number of alkyl halides is 3. The van der Waals surface area contributed by atoms with Crippen molar-refractivity contribution in [1.82, 2.24) is 20.1 Å². The van der Waals surface area contributed by atoms with E-state index in [4.69, 9.17) is 4.74 Å². The molecular weight excluding hydrogens is 425 g/mol. The van der Waals surface area contributed by atoms with Crippen molar-refractivity contribution >= 4 is 6.09 Å². The maximum atomic E-state index is 12.3. The van der Waals surface area contributed by atoms with Crippen LogP contribution in [-0.4, -0.2) is 39.4 Å². The molecule has 1 amide bonds. The summed E-state index contributed by atoms with van der Waals surface area (Å²) in [5.74, 6) is 0.164. The molecule has 0 unspecified atom stereocenters. The second kappa shape index (κ2) is 9.29. The molecule has 0 aliphatic carbocycles. The van der Waals surface area contributed by atoms with Crippen LogP contribution in [0.5, 0.6) is 5.75 Å². The number of rotatable bonds is 6. The molecule has 0 radical (unpaired) electrons. The fraction of sp³-hybridized carbons (Fsp3) is 0.318. The van der Waals surface area contributed by atoms with Crippen molar-refractivity contribution in [3.05, 3.63) is 60.4 Å². The molecule has 3 rings (SSSR count). The Balaban J connectivity index is 1.57. The maximum absolute atomic E-state index is 12.3. The van der Waals surface area contributed by atoms with Gasteiger partial charge in [0, 0.05) is 12.1 Å². The lowest BCUT2D eigenvalue weighted by atomic mass is 10.1. The number of nitrogens with one attached hydrogen (secondary N) is 1. The number of amides is 1. The normalized spacial score (nSPS) is 11.8. The van der Waals surface area contributed by atoms with Gasteiger partial charge in [0.05, 0.1) is 5.69 Å². The Labute approximate surface area is 183 Å². The number of aromatic nitrogens is 3. The van der Waals surface area contributed by atoms with Gasteiger partial charge in [-0.05, 0) is 57.0 Å². The largest absolute Gasteiger partial charge is 0.573 e. The van der Waals surface area contributed by atoms with Gasteiger partial charge in [-0.2, -0.15) is 0 Å². The minimum Gasteiger partial charge on any atom is -0.444 e. The number of nitrogens with zero attached hydrogens (tertiary/aromatic N) is 3. The summed E-state index contributed by atoms with van der Waals surface area (Å²) >= 11 is 0. The topological polar surface area (TPSA) is 78.3 Å². The first-order chi connectivity index (χ1) is 15.0. The maximum Gasteiger partial charge on any atom is 0.573 e. The van der Waals surface area contributed by atoms with Gasteiger partial charge in [-0.15, -0.1) is 18.3 Å². The van der Waals surface area contributed by atoms with Gasteiger partial charge in [0.1, 0.15) is 17.7 Å². The molecule has 2 aromatic carbocycles. The molecule has 0 saturated carbocycles. The number of alkyl carbamates (subject to hydrolysis) is 1. The van der Waals surface area contributed by atoms with Crippen LogP contribution in [0.15, 0.2) is 54.9 Å². The SMILES string of the molecule is CC(C)(C)OC(=O)NCCc1ccc(-c2ncn(-c3ccc(OC(F)(F)F)cc3)n2)cc1. The third kappa shape index (κ3) is 7.00. The molecule has 0 spiro atoms. The van der Waals surface area contributed by atoms with E-state index >= 15 is 0 Å². The standard InChI is InChI=1S/C22H23F3N4O3/c1-21(2,3)32-20(30)26-13-12-15-4-6-16(7-5-15)19-27-14-29(28-19)17-8-10-18(11-9-17)31-22(23,24)25/h4-11,14H,12-13H2,1-3H3,(H,26,30). The highest BCUT2D eigenvalue weighted by molar-refractivity contribution is 5.67. The van der Waals surface area contributed by atoms with Crippen LogP contribution < -0.4 is 10.1 Å². The Bertz CT molecular complexity index is 1040. The number of carbonyl (C=O) groups is 1. The van der Waals surface area contributed by atoms with E-state index in [9.17, 15) is 18.0 Å². The Morgan fingerprint density at radius 2 is 1.69 bits per heavy atom. The summed E-state index contributed by atoms with van der Waals surface area (Å²) in [5, 5.41) is 7.08. The molecule has 32 heavy (non-hydrogen) atoms. The molecule has 0 aliphatic heterocycles.